The molecule has 1 N–H and O–H groups in total. The summed E-state index contributed by atoms with van der Waals surface area (Å²) in [4.78, 5) is 0. The van der Waals surface area contributed by atoms with Crippen LogP contribution in [0.5, 0.6) is 0 Å². The summed E-state index contributed by atoms with van der Waals surface area (Å²) in [6.07, 6.45) is 11.3. The van der Waals surface area contributed by atoms with Crippen LogP contribution in [0.4, 0.5) is 0 Å². The molecule has 0 aromatic heterocycles. The molecule has 0 aliphatic carbocycles. The topological polar surface area (TPSA) is 63.6 Å². The fourth-order valence-corrected chi connectivity index (χ4v) is 2.73. The van der Waals surface area contributed by atoms with Gasteiger partial charge in [-0.15, -0.1) is 0 Å². The van der Waals surface area contributed by atoms with E-state index in [-0.39, 0.29) is 11.9 Å². The second kappa shape index (κ2) is 11.7. The molecule has 116 valence electrons. The molecule has 0 aliphatic rings. The molecule has 0 rings (SSSR count). The normalized spacial score (nSPS) is 13.6. The van der Waals surface area contributed by atoms with E-state index in [1.54, 1.807) is 7.11 Å². The lowest BCUT2D eigenvalue weighted by Gasteiger charge is -2.14. The Morgan fingerprint density at radius 1 is 0.947 bits per heavy atom. The van der Waals surface area contributed by atoms with Crippen molar-refractivity contribution in [2.45, 2.75) is 77.2 Å². The zero-order valence-corrected chi connectivity index (χ0v) is 13.3. The summed E-state index contributed by atoms with van der Waals surface area (Å²) in [5.41, 5.74) is 0. The Balaban J connectivity index is 3.46. The summed E-state index contributed by atoms with van der Waals surface area (Å²) >= 11 is 0. The van der Waals surface area contributed by atoms with Gasteiger partial charge in [-0.2, -0.15) is 8.42 Å². The second-order valence-electron chi connectivity index (χ2n) is 5.20. The minimum absolute atomic E-state index is 0.0537. The maximum Gasteiger partial charge on any atom is 0.264 e. The van der Waals surface area contributed by atoms with Crippen molar-refractivity contribution in [3.05, 3.63) is 0 Å². The van der Waals surface area contributed by atoms with Gasteiger partial charge in [-0.3, -0.25) is 4.55 Å². The van der Waals surface area contributed by atoms with Crippen LogP contribution in [0.3, 0.4) is 0 Å². The molecule has 4 nitrogen and oxygen atoms in total. The summed E-state index contributed by atoms with van der Waals surface area (Å²) in [6, 6.07) is 0. The highest BCUT2D eigenvalue weighted by molar-refractivity contribution is 7.85. The molecule has 0 bridgehead atoms. The minimum Gasteiger partial charge on any atom is -0.381 e. The number of rotatable bonds is 13. The SMILES string of the molecule is CCCCCCCCCCC(CCS(=O)(=O)O)OC. The number of hydrogen-bond acceptors (Lipinski definition) is 3. The molecule has 0 aliphatic heterocycles. The Hall–Kier alpha value is -0.130. The average molecular weight is 294 g/mol. The van der Waals surface area contributed by atoms with E-state index in [0.29, 0.717) is 6.42 Å². The lowest BCUT2D eigenvalue weighted by molar-refractivity contribution is 0.0899. The van der Waals surface area contributed by atoms with Gasteiger partial charge >= 0.3 is 0 Å². The highest BCUT2D eigenvalue weighted by atomic mass is 32.2. The molecule has 1 atom stereocenters. The molecule has 0 aromatic rings. The van der Waals surface area contributed by atoms with Crippen molar-refractivity contribution >= 4 is 10.1 Å². The summed E-state index contributed by atoms with van der Waals surface area (Å²) in [5, 5.41) is 0. The monoisotopic (exact) mass is 294 g/mol. The van der Waals surface area contributed by atoms with Crippen molar-refractivity contribution < 1.29 is 17.7 Å². The Labute approximate surface area is 118 Å². The number of unbranched alkanes of at least 4 members (excludes halogenated alkanes) is 7. The third-order valence-electron chi connectivity index (χ3n) is 3.41. The number of hydrogen-bond donors (Lipinski definition) is 1. The van der Waals surface area contributed by atoms with Crippen molar-refractivity contribution in [2.24, 2.45) is 0 Å². The molecule has 1 unspecified atom stereocenters. The Morgan fingerprint density at radius 3 is 1.95 bits per heavy atom. The fourth-order valence-electron chi connectivity index (χ4n) is 2.17. The van der Waals surface area contributed by atoms with Crippen LogP contribution < -0.4 is 0 Å². The Kier molecular flexibility index (Phi) is 11.6. The summed E-state index contributed by atoms with van der Waals surface area (Å²) in [5.74, 6) is -0.206. The van der Waals surface area contributed by atoms with Gasteiger partial charge in [0.25, 0.3) is 10.1 Å². The first-order chi connectivity index (χ1) is 8.99. The van der Waals surface area contributed by atoms with Gasteiger partial charge in [-0.1, -0.05) is 58.3 Å². The lowest BCUT2D eigenvalue weighted by atomic mass is 10.0. The molecule has 0 aromatic carbocycles. The Bertz CT molecular complexity index is 288. The fraction of sp³-hybridized carbons (Fsp3) is 1.00. The van der Waals surface area contributed by atoms with E-state index in [9.17, 15) is 8.42 Å². The van der Waals surface area contributed by atoms with E-state index >= 15 is 0 Å². The predicted octanol–water partition coefficient (Wildman–Crippen LogP) is 3.81. The van der Waals surface area contributed by atoms with Gasteiger partial charge in [-0.05, 0) is 12.8 Å². The quantitative estimate of drug-likeness (QED) is 0.414. The number of ether oxygens (including phenoxy) is 1. The van der Waals surface area contributed by atoms with E-state index in [0.717, 1.165) is 12.8 Å². The van der Waals surface area contributed by atoms with Crippen molar-refractivity contribution in [1.82, 2.24) is 0 Å². The second-order valence-corrected chi connectivity index (χ2v) is 6.77. The first-order valence-corrected chi connectivity index (χ1v) is 9.08. The standard InChI is InChI=1S/C14H30O4S/c1-3-4-5-6-7-8-9-10-11-14(18-2)12-13-19(15,16)17/h14H,3-13H2,1-2H3,(H,15,16,17). The van der Waals surface area contributed by atoms with Crippen LogP contribution in [0.1, 0.15) is 71.1 Å². The molecule has 0 saturated carbocycles. The largest absolute Gasteiger partial charge is 0.381 e. The lowest BCUT2D eigenvalue weighted by Crippen LogP contribution is -2.16. The third kappa shape index (κ3) is 14.1. The maximum absolute atomic E-state index is 10.7. The van der Waals surface area contributed by atoms with Crippen LogP contribution in [-0.2, 0) is 14.9 Å². The van der Waals surface area contributed by atoms with Crippen molar-refractivity contribution in [2.75, 3.05) is 12.9 Å². The van der Waals surface area contributed by atoms with Crippen LogP contribution in [0.2, 0.25) is 0 Å². The molecule has 0 spiro atoms. The van der Waals surface area contributed by atoms with Gasteiger partial charge in [0, 0.05) is 7.11 Å². The average Bonchev–Trinajstić information content (AvgIpc) is 2.35. The van der Waals surface area contributed by atoms with E-state index < -0.39 is 10.1 Å². The molecule has 5 heteroatoms. The maximum atomic E-state index is 10.7. The van der Waals surface area contributed by atoms with E-state index in [2.05, 4.69) is 6.92 Å². The van der Waals surface area contributed by atoms with Crippen molar-refractivity contribution in [1.29, 1.82) is 0 Å². The van der Waals surface area contributed by atoms with Crippen LogP contribution in [0, 0.1) is 0 Å². The van der Waals surface area contributed by atoms with Gasteiger partial charge < -0.3 is 4.74 Å². The first kappa shape index (κ1) is 18.9. The first-order valence-electron chi connectivity index (χ1n) is 7.47. The predicted molar refractivity (Wildman–Crippen MR) is 79.1 cm³/mol. The van der Waals surface area contributed by atoms with Gasteiger partial charge in [0.1, 0.15) is 0 Å². The zero-order chi connectivity index (χ0) is 14.6. The van der Waals surface area contributed by atoms with Crippen molar-refractivity contribution in [3.8, 4) is 0 Å². The summed E-state index contributed by atoms with van der Waals surface area (Å²) in [6.45, 7) is 2.22. The van der Waals surface area contributed by atoms with Crippen LogP contribution in [0.15, 0.2) is 0 Å². The van der Waals surface area contributed by atoms with E-state index in [1.165, 1.54) is 44.9 Å². The molecule has 19 heavy (non-hydrogen) atoms. The molecule has 0 heterocycles. The highest BCUT2D eigenvalue weighted by Crippen LogP contribution is 2.13. The van der Waals surface area contributed by atoms with Crippen LogP contribution >= 0.6 is 0 Å². The molecule has 0 radical (unpaired) electrons. The smallest absolute Gasteiger partial charge is 0.264 e. The van der Waals surface area contributed by atoms with E-state index in [4.69, 9.17) is 9.29 Å². The van der Waals surface area contributed by atoms with Gasteiger partial charge in [0.05, 0.1) is 11.9 Å². The molecule has 0 saturated heterocycles. The van der Waals surface area contributed by atoms with Crippen LogP contribution in [0.25, 0.3) is 0 Å². The molecular formula is C14H30O4S. The third-order valence-corrected chi connectivity index (χ3v) is 4.16. The van der Waals surface area contributed by atoms with Gasteiger partial charge in [-0.25, -0.2) is 0 Å². The van der Waals surface area contributed by atoms with E-state index in [1.807, 2.05) is 0 Å². The molecule has 0 amide bonds. The summed E-state index contributed by atoms with van der Waals surface area (Å²) in [7, 11) is -2.26. The van der Waals surface area contributed by atoms with Gasteiger partial charge in [0.2, 0.25) is 0 Å². The highest BCUT2D eigenvalue weighted by Gasteiger charge is 2.12. The molecule has 0 fully saturated rings. The Morgan fingerprint density at radius 2 is 1.47 bits per heavy atom. The summed E-state index contributed by atoms with van der Waals surface area (Å²) < 4.78 is 35.2. The molecular weight excluding hydrogens is 264 g/mol. The zero-order valence-electron chi connectivity index (χ0n) is 12.4. The number of methoxy groups -OCH3 is 1. The minimum atomic E-state index is -3.86. The van der Waals surface area contributed by atoms with Gasteiger partial charge in [0.15, 0.2) is 0 Å². The van der Waals surface area contributed by atoms with Crippen molar-refractivity contribution in [3.63, 3.8) is 0 Å². The van der Waals surface area contributed by atoms with Crippen LogP contribution in [-0.4, -0.2) is 31.9 Å².